The highest BCUT2D eigenvalue weighted by Gasteiger charge is 2.26. The van der Waals surface area contributed by atoms with E-state index in [1.807, 2.05) is 0 Å². The summed E-state index contributed by atoms with van der Waals surface area (Å²) in [4.78, 5) is 7.74. The van der Waals surface area contributed by atoms with E-state index >= 15 is 0 Å². The number of aliphatic hydroxyl groups excluding tert-OH is 4. The third-order valence-corrected chi connectivity index (χ3v) is 2.01. The van der Waals surface area contributed by atoms with Crippen molar-refractivity contribution in [2.75, 3.05) is 6.61 Å². The van der Waals surface area contributed by atoms with Gasteiger partial charge in [0.25, 0.3) is 0 Å². The van der Waals surface area contributed by atoms with Gasteiger partial charge in [0.2, 0.25) is 0 Å². The van der Waals surface area contributed by atoms with Gasteiger partial charge in [0.1, 0.15) is 18.3 Å². The van der Waals surface area contributed by atoms with Crippen LogP contribution in [0.2, 0.25) is 0 Å². The molecule has 0 aliphatic heterocycles. The van der Waals surface area contributed by atoms with Crippen molar-refractivity contribution < 1.29 is 20.4 Å². The third kappa shape index (κ3) is 2.93. The van der Waals surface area contributed by atoms with Gasteiger partial charge in [0.05, 0.1) is 24.2 Å². The number of hydrogen-bond acceptors (Lipinski definition) is 6. The Morgan fingerprint density at radius 3 is 2.33 bits per heavy atom. The van der Waals surface area contributed by atoms with E-state index < -0.39 is 24.9 Å². The second-order valence-corrected chi connectivity index (χ2v) is 3.27. The van der Waals surface area contributed by atoms with Crippen LogP contribution in [0.1, 0.15) is 17.5 Å². The lowest BCUT2D eigenvalue weighted by atomic mass is 10.1. The minimum Gasteiger partial charge on any atom is -0.394 e. The Kier molecular flexibility index (Phi) is 4.10. The molecule has 6 heteroatoms. The minimum absolute atomic E-state index is 0.153. The molecule has 1 aromatic heterocycles. The maximum absolute atomic E-state index is 9.56. The van der Waals surface area contributed by atoms with E-state index in [1.54, 1.807) is 6.92 Å². The molecule has 0 fully saturated rings. The quantitative estimate of drug-likeness (QED) is 0.487. The molecular weight excluding hydrogens is 200 g/mol. The fourth-order valence-corrected chi connectivity index (χ4v) is 1.05. The van der Waals surface area contributed by atoms with Crippen LogP contribution in [0.3, 0.4) is 0 Å². The van der Waals surface area contributed by atoms with Crippen LogP contribution in [0.4, 0.5) is 0 Å². The molecule has 0 bridgehead atoms. The smallest absolute Gasteiger partial charge is 0.126 e. The maximum atomic E-state index is 9.56. The first kappa shape index (κ1) is 12.0. The summed E-state index contributed by atoms with van der Waals surface area (Å²) < 4.78 is 0. The van der Waals surface area contributed by atoms with E-state index in [0.717, 1.165) is 0 Å². The number of aliphatic hydroxyl groups is 4. The van der Waals surface area contributed by atoms with E-state index in [4.69, 9.17) is 10.2 Å². The first-order valence-electron chi connectivity index (χ1n) is 4.50. The molecular formula is C9H14N2O4. The van der Waals surface area contributed by atoms with Crippen molar-refractivity contribution in [3.63, 3.8) is 0 Å². The Labute approximate surface area is 86.9 Å². The van der Waals surface area contributed by atoms with E-state index in [-0.39, 0.29) is 5.69 Å². The van der Waals surface area contributed by atoms with Gasteiger partial charge in [0.15, 0.2) is 0 Å². The number of aromatic nitrogens is 2. The van der Waals surface area contributed by atoms with Gasteiger partial charge in [-0.25, -0.2) is 0 Å². The highest BCUT2D eigenvalue weighted by atomic mass is 16.4. The maximum Gasteiger partial charge on any atom is 0.126 e. The fourth-order valence-electron chi connectivity index (χ4n) is 1.05. The van der Waals surface area contributed by atoms with Crippen molar-refractivity contribution in [2.45, 2.75) is 25.2 Å². The molecule has 1 rings (SSSR count). The Balaban J connectivity index is 2.75. The van der Waals surface area contributed by atoms with Gasteiger partial charge in [-0.1, -0.05) is 0 Å². The van der Waals surface area contributed by atoms with E-state index in [2.05, 4.69) is 9.97 Å². The summed E-state index contributed by atoms with van der Waals surface area (Å²) in [6, 6.07) is 0. The zero-order valence-corrected chi connectivity index (χ0v) is 8.28. The molecule has 0 amide bonds. The van der Waals surface area contributed by atoms with Crippen LogP contribution in [0.5, 0.6) is 0 Å². The summed E-state index contributed by atoms with van der Waals surface area (Å²) in [6.07, 6.45) is -1.49. The lowest BCUT2D eigenvalue weighted by Gasteiger charge is -2.20. The van der Waals surface area contributed by atoms with Crippen molar-refractivity contribution in [2.24, 2.45) is 0 Å². The summed E-state index contributed by atoms with van der Waals surface area (Å²) >= 11 is 0. The Bertz CT molecular complexity index is 303. The standard InChI is InChI=1S/C9H14N2O4/c1-5-2-11-6(3-10-5)8(14)9(15)7(13)4-12/h2-3,7-9,12-15H,4H2,1H3/t7-,8-,9+/m0/s1. The summed E-state index contributed by atoms with van der Waals surface area (Å²) in [5.41, 5.74) is 0.837. The van der Waals surface area contributed by atoms with E-state index in [0.29, 0.717) is 5.69 Å². The molecule has 4 N–H and O–H groups in total. The van der Waals surface area contributed by atoms with Crippen LogP contribution < -0.4 is 0 Å². The monoisotopic (exact) mass is 214 g/mol. The predicted octanol–water partition coefficient (Wildman–Crippen LogP) is -1.47. The Hall–Kier alpha value is -1.08. The number of rotatable bonds is 4. The highest BCUT2D eigenvalue weighted by molar-refractivity contribution is 5.05. The largest absolute Gasteiger partial charge is 0.394 e. The molecule has 84 valence electrons. The van der Waals surface area contributed by atoms with Gasteiger partial charge >= 0.3 is 0 Å². The summed E-state index contributed by atoms with van der Waals surface area (Å²) in [5, 5.41) is 36.6. The van der Waals surface area contributed by atoms with Gasteiger partial charge in [0, 0.05) is 6.20 Å². The second kappa shape index (κ2) is 5.13. The fraction of sp³-hybridized carbons (Fsp3) is 0.556. The van der Waals surface area contributed by atoms with Crippen molar-refractivity contribution >= 4 is 0 Å². The predicted molar refractivity (Wildman–Crippen MR) is 50.8 cm³/mol. The molecule has 15 heavy (non-hydrogen) atoms. The van der Waals surface area contributed by atoms with Crippen LogP contribution in [-0.4, -0.2) is 49.2 Å². The normalized spacial score (nSPS) is 17.1. The van der Waals surface area contributed by atoms with Gasteiger partial charge in [-0.15, -0.1) is 0 Å². The van der Waals surface area contributed by atoms with Gasteiger partial charge in [-0.05, 0) is 6.92 Å². The van der Waals surface area contributed by atoms with Crippen LogP contribution in [0.25, 0.3) is 0 Å². The van der Waals surface area contributed by atoms with Gasteiger partial charge in [-0.2, -0.15) is 0 Å². The van der Waals surface area contributed by atoms with Crippen LogP contribution in [-0.2, 0) is 0 Å². The topological polar surface area (TPSA) is 107 Å². The summed E-state index contributed by atoms with van der Waals surface area (Å²) in [5.74, 6) is 0. The number of hydrogen-bond donors (Lipinski definition) is 4. The number of aryl methyl sites for hydroxylation is 1. The average Bonchev–Trinajstić information content (AvgIpc) is 2.27. The first-order chi connectivity index (χ1) is 7.06. The summed E-state index contributed by atoms with van der Waals surface area (Å²) in [6.45, 7) is 1.11. The summed E-state index contributed by atoms with van der Waals surface area (Å²) in [7, 11) is 0. The van der Waals surface area contributed by atoms with Crippen LogP contribution in [0.15, 0.2) is 12.4 Å². The van der Waals surface area contributed by atoms with Crippen LogP contribution >= 0.6 is 0 Å². The van der Waals surface area contributed by atoms with Crippen molar-refractivity contribution in [1.29, 1.82) is 0 Å². The zero-order valence-electron chi connectivity index (χ0n) is 8.28. The van der Waals surface area contributed by atoms with Gasteiger partial charge in [-0.3, -0.25) is 9.97 Å². The molecule has 0 saturated heterocycles. The van der Waals surface area contributed by atoms with Crippen molar-refractivity contribution in [3.05, 3.63) is 23.8 Å². The Morgan fingerprint density at radius 1 is 1.20 bits per heavy atom. The molecule has 1 aromatic rings. The lowest BCUT2D eigenvalue weighted by Crippen LogP contribution is -2.35. The first-order valence-corrected chi connectivity index (χ1v) is 4.50. The highest BCUT2D eigenvalue weighted by Crippen LogP contribution is 2.15. The number of nitrogens with zero attached hydrogens (tertiary/aromatic N) is 2. The van der Waals surface area contributed by atoms with E-state index in [1.165, 1.54) is 12.4 Å². The average molecular weight is 214 g/mol. The molecule has 3 atom stereocenters. The second-order valence-electron chi connectivity index (χ2n) is 3.27. The third-order valence-electron chi connectivity index (χ3n) is 2.01. The molecule has 0 aliphatic carbocycles. The molecule has 0 spiro atoms. The van der Waals surface area contributed by atoms with Crippen molar-refractivity contribution in [3.8, 4) is 0 Å². The molecule has 0 saturated carbocycles. The lowest BCUT2D eigenvalue weighted by molar-refractivity contribution is -0.0790. The Morgan fingerprint density at radius 2 is 1.87 bits per heavy atom. The van der Waals surface area contributed by atoms with E-state index in [9.17, 15) is 10.2 Å². The van der Waals surface area contributed by atoms with Crippen molar-refractivity contribution in [1.82, 2.24) is 9.97 Å². The SMILES string of the molecule is Cc1cnc([C@H](O)[C@H](O)[C@@H](O)CO)cn1. The molecule has 0 aliphatic rings. The van der Waals surface area contributed by atoms with Gasteiger partial charge < -0.3 is 20.4 Å². The molecule has 0 radical (unpaired) electrons. The molecule has 0 aromatic carbocycles. The molecule has 0 unspecified atom stereocenters. The zero-order chi connectivity index (χ0) is 11.4. The molecule has 1 heterocycles. The molecule has 6 nitrogen and oxygen atoms in total. The van der Waals surface area contributed by atoms with Crippen LogP contribution in [0, 0.1) is 6.92 Å². The minimum atomic E-state index is -1.48.